The number of fused-ring (bicyclic) bond motifs is 1. The molecule has 1 aromatic heterocycles. The average molecular weight is 262 g/mol. The van der Waals surface area contributed by atoms with E-state index in [0.29, 0.717) is 18.3 Å². The molecule has 1 unspecified atom stereocenters. The molecule has 0 bridgehead atoms. The predicted molar refractivity (Wildman–Crippen MR) is 68.9 cm³/mol. The van der Waals surface area contributed by atoms with E-state index >= 15 is 0 Å². The van der Waals surface area contributed by atoms with Crippen LogP contribution in [0.2, 0.25) is 0 Å². The van der Waals surface area contributed by atoms with Gasteiger partial charge >= 0.3 is 5.97 Å². The summed E-state index contributed by atoms with van der Waals surface area (Å²) >= 11 is 0. The molecule has 2 aliphatic rings. The maximum atomic E-state index is 11.1. The number of carboxylic acid groups (broad SMARTS) is 1. The van der Waals surface area contributed by atoms with Gasteiger partial charge in [-0.25, -0.2) is 14.8 Å². The molecule has 1 atom stereocenters. The van der Waals surface area contributed by atoms with Crippen LogP contribution in [0.1, 0.15) is 28.9 Å². The SMILES string of the molecule is O=C(O)c1cncnc1CN1CCN2CCCC2C1. The third-order valence-corrected chi connectivity index (χ3v) is 4.07. The van der Waals surface area contributed by atoms with Crippen LogP contribution in [0.15, 0.2) is 12.5 Å². The molecule has 2 aliphatic heterocycles. The Bertz CT molecular complexity index is 479. The molecule has 2 fully saturated rings. The highest BCUT2D eigenvalue weighted by Crippen LogP contribution is 2.22. The van der Waals surface area contributed by atoms with Gasteiger partial charge in [0.25, 0.3) is 0 Å². The van der Waals surface area contributed by atoms with Crippen molar-refractivity contribution in [1.29, 1.82) is 0 Å². The van der Waals surface area contributed by atoms with E-state index in [-0.39, 0.29) is 5.56 Å². The third kappa shape index (κ3) is 2.59. The molecular weight excluding hydrogens is 244 g/mol. The van der Waals surface area contributed by atoms with E-state index < -0.39 is 5.97 Å². The van der Waals surface area contributed by atoms with Crippen LogP contribution in [0.3, 0.4) is 0 Å². The molecule has 0 aliphatic carbocycles. The molecular formula is C13H18N4O2. The molecule has 0 amide bonds. The molecule has 6 heteroatoms. The Labute approximate surface area is 112 Å². The number of nitrogens with zero attached hydrogens (tertiary/aromatic N) is 4. The van der Waals surface area contributed by atoms with E-state index in [1.54, 1.807) is 0 Å². The first-order valence-electron chi connectivity index (χ1n) is 6.72. The van der Waals surface area contributed by atoms with Gasteiger partial charge in [-0.3, -0.25) is 9.80 Å². The van der Waals surface area contributed by atoms with E-state index in [1.165, 1.54) is 31.9 Å². The number of carboxylic acids is 1. The summed E-state index contributed by atoms with van der Waals surface area (Å²) in [6.45, 7) is 4.90. The minimum absolute atomic E-state index is 0.219. The number of hydrogen-bond acceptors (Lipinski definition) is 5. The summed E-state index contributed by atoms with van der Waals surface area (Å²) in [5, 5.41) is 9.14. The van der Waals surface area contributed by atoms with Gasteiger partial charge < -0.3 is 5.11 Å². The van der Waals surface area contributed by atoms with Crippen molar-refractivity contribution >= 4 is 5.97 Å². The number of rotatable bonds is 3. The maximum Gasteiger partial charge on any atom is 0.339 e. The second-order valence-corrected chi connectivity index (χ2v) is 5.26. The monoisotopic (exact) mass is 262 g/mol. The van der Waals surface area contributed by atoms with Gasteiger partial charge in [0.1, 0.15) is 11.9 Å². The predicted octanol–water partition coefficient (Wildman–Crippen LogP) is 0.455. The number of carbonyl (C=O) groups is 1. The normalized spacial score (nSPS) is 24.3. The largest absolute Gasteiger partial charge is 0.478 e. The summed E-state index contributed by atoms with van der Waals surface area (Å²) in [5.41, 5.74) is 0.838. The van der Waals surface area contributed by atoms with E-state index in [2.05, 4.69) is 19.8 Å². The van der Waals surface area contributed by atoms with Gasteiger partial charge in [0.05, 0.1) is 5.69 Å². The van der Waals surface area contributed by atoms with E-state index in [0.717, 1.165) is 19.6 Å². The lowest BCUT2D eigenvalue weighted by molar-refractivity contribution is 0.0688. The van der Waals surface area contributed by atoms with Gasteiger partial charge in [0.15, 0.2) is 0 Å². The molecule has 0 saturated carbocycles. The quantitative estimate of drug-likeness (QED) is 0.853. The molecule has 19 heavy (non-hydrogen) atoms. The van der Waals surface area contributed by atoms with Crippen molar-refractivity contribution in [2.45, 2.75) is 25.4 Å². The zero-order valence-electron chi connectivity index (χ0n) is 10.8. The fraction of sp³-hybridized carbons (Fsp3) is 0.615. The summed E-state index contributed by atoms with van der Waals surface area (Å²) in [6, 6.07) is 0.642. The van der Waals surface area contributed by atoms with Crippen molar-refractivity contribution in [1.82, 2.24) is 19.8 Å². The van der Waals surface area contributed by atoms with Gasteiger partial charge in [0, 0.05) is 38.4 Å². The van der Waals surface area contributed by atoms with E-state index in [9.17, 15) is 4.79 Å². The Kier molecular flexibility index (Phi) is 3.44. The lowest BCUT2D eigenvalue weighted by atomic mass is 10.1. The van der Waals surface area contributed by atoms with Gasteiger partial charge in [-0.2, -0.15) is 0 Å². The van der Waals surface area contributed by atoms with Crippen molar-refractivity contribution < 1.29 is 9.90 Å². The Morgan fingerprint density at radius 1 is 1.42 bits per heavy atom. The van der Waals surface area contributed by atoms with Crippen LogP contribution in [0.4, 0.5) is 0 Å². The maximum absolute atomic E-state index is 11.1. The summed E-state index contributed by atoms with van der Waals surface area (Å²) in [7, 11) is 0. The first-order chi connectivity index (χ1) is 9.24. The van der Waals surface area contributed by atoms with Crippen LogP contribution >= 0.6 is 0 Å². The molecule has 0 spiro atoms. The summed E-state index contributed by atoms with van der Waals surface area (Å²) in [5.74, 6) is -0.949. The van der Waals surface area contributed by atoms with E-state index in [1.807, 2.05) is 0 Å². The van der Waals surface area contributed by atoms with Gasteiger partial charge in [0.2, 0.25) is 0 Å². The first kappa shape index (κ1) is 12.5. The van der Waals surface area contributed by atoms with Gasteiger partial charge in [-0.15, -0.1) is 0 Å². The second kappa shape index (κ2) is 5.22. The molecule has 6 nitrogen and oxygen atoms in total. The Morgan fingerprint density at radius 2 is 2.32 bits per heavy atom. The molecule has 2 saturated heterocycles. The second-order valence-electron chi connectivity index (χ2n) is 5.26. The summed E-state index contributed by atoms with van der Waals surface area (Å²) < 4.78 is 0. The standard InChI is InChI=1S/C13H18N4O2/c18-13(19)11-6-14-9-15-12(11)8-16-4-5-17-3-1-2-10(17)7-16/h6,9-10H,1-5,7-8H2,(H,18,19). The smallest absolute Gasteiger partial charge is 0.339 e. The molecule has 0 radical (unpaired) electrons. The van der Waals surface area contributed by atoms with Crippen molar-refractivity contribution in [3.8, 4) is 0 Å². The van der Waals surface area contributed by atoms with Crippen LogP contribution in [0.5, 0.6) is 0 Å². The van der Waals surface area contributed by atoms with Crippen LogP contribution in [-0.4, -0.2) is 63.1 Å². The van der Waals surface area contributed by atoms with Gasteiger partial charge in [-0.05, 0) is 19.4 Å². The highest BCUT2D eigenvalue weighted by molar-refractivity contribution is 5.88. The lowest BCUT2D eigenvalue weighted by Crippen LogP contribution is -2.49. The number of aromatic carboxylic acids is 1. The molecule has 0 aromatic carbocycles. The lowest BCUT2D eigenvalue weighted by Gasteiger charge is -2.37. The van der Waals surface area contributed by atoms with Crippen LogP contribution in [0, 0.1) is 0 Å². The number of aromatic nitrogens is 2. The first-order valence-corrected chi connectivity index (χ1v) is 6.72. The zero-order chi connectivity index (χ0) is 13.2. The molecule has 102 valence electrons. The Hall–Kier alpha value is -1.53. The van der Waals surface area contributed by atoms with Crippen molar-refractivity contribution in [3.63, 3.8) is 0 Å². The summed E-state index contributed by atoms with van der Waals surface area (Å²) in [4.78, 5) is 23.9. The van der Waals surface area contributed by atoms with Crippen molar-refractivity contribution in [2.75, 3.05) is 26.2 Å². The van der Waals surface area contributed by atoms with Crippen LogP contribution < -0.4 is 0 Å². The van der Waals surface area contributed by atoms with Crippen molar-refractivity contribution in [3.05, 3.63) is 23.8 Å². The van der Waals surface area contributed by atoms with Crippen LogP contribution in [0.25, 0.3) is 0 Å². The number of piperazine rings is 1. The topological polar surface area (TPSA) is 69.6 Å². The molecule has 1 N–H and O–H groups in total. The highest BCUT2D eigenvalue weighted by atomic mass is 16.4. The fourth-order valence-electron chi connectivity index (χ4n) is 3.07. The molecule has 3 rings (SSSR count). The number of hydrogen-bond donors (Lipinski definition) is 1. The van der Waals surface area contributed by atoms with Crippen molar-refractivity contribution in [2.24, 2.45) is 0 Å². The molecule has 1 aromatic rings. The third-order valence-electron chi connectivity index (χ3n) is 4.07. The Balaban J connectivity index is 1.70. The minimum atomic E-state index is -0.949. The zero-order valence-corrected chi connectivity index (χ0v) is 10.8. The highest BCUT2D eigenvalue weighted by Gasteiger charge is 2.30. The fourth-order valence-corrected chi connectivity index (χ4v) is 3.07. The van der Waals surface area contributed by atoms with Crippen LogP contribution in [-0.2, 0) is 6.54 Å². The summed E-state index contributed by atoms with van der Waals surface area (Å²) in [6.07, 6.45) is 5.35. The molecule has 3 heterocycles. The van der Waals surface area contributed by atoms with E-state index in [4.69, 9.17) is 5.11 Å². The minimum Gasteiger partial charge on any atom is -0.478 e. The average Bonchev–Trinajstić information content (AvgIpc) is 2.86. The Morgan fingerprint density at radius 3 is 3.16 bits per heavy atom. The van der Waals surface area contributed by atoms with Gasteiger partial charge in [-0.1, -0.05) is 0 Å².